The van der Waals surface area contributed by atoms with E-state index in [0.717, 1.165) is 29.9 Å². The number of carbonyl (C=O) groups excluding carboxylic acids is 1. The summed E-state index contributed by atoms with van der Waals surface area (Å²) >= 11 is 0. The SMILES string of the molecule is COCCCn1c(C)cc(C(=O)N2C[C@@H](CF)[C@H](c3nc(-c4ccccc4)n[nH]3)C2)c1C. The van der Waals surface area contributed by atoms with Crippen LogP contribution in [0.3, 0.4) is 0 Å². The Bertz CT molecular complexity index is 1060. The summed E-state index contributed by atoms with van der Waals surface area (Å²) in [7, 11) is 1.69. The third kappa shape index (κ3) is 4.32. The number of hydrogen-bond acceptors (Lipinski definition) is 4. The number of likely N-dealkylation sites (tertiary alicyclic amines) is 1. The lowest BCUT2D eigenvalue weighted by atomic mass is 9.97. The number of carbonyl (C=O) groups is 1. The maximum Gasteiger partial charge on any atom is 0.255 e. The van der Waals surface area contributed by atoms with Crippen LogP contribution in [0.2, 0.25) is 0 Å². The van der Waals surface area contributed by atoms with Gasteiger partial charge in [-0.05, 0) is 26.3 Å². The van der Waals surface area contributed by atoms with Gasteiger partial charge in [-0.2, -0.15) is 5.10 Å². The average molecular weight is 440 g/mol. The van der Waals surface area contributed by atoms with Gasteiger partial charge >= 0.3 is 0 Å². The monoisotopic (exact) mass is 439 g/mol. The zero-order chi connectivity index (χ0) is 22.7. The molecule has 32 heavy (non-hydrogen) atoms. The van der Waals surface area contributed by atoms with Gasteiger partial charge in [0.25, 0.3) is 5.91 Å². The summed E-state index contributed by atoms with van der Waals surface area (Å²) in [6.07, 6.45) is 0.880. The highest BCUT2D eigenvalue weighted by molar-refractivity contribution is 5.96. The van der Waals surface area contributed by atoms with Crippen LogP contribution in [-0.2, 0) is 11.3 Å². The fourth-order valence-corrected chi connectivity index (χ4v) is 4.56. The molecule has 0 saturated carbocycles. The van der Waals surface area contributed by atoms with Crippen molar-refractivity contribution in [2.45, 2.75) is 32.7 Å². The quantitative estimate of drug-likeness (QED) is 0.543. The molecule has 1 aromatic carbocycles. The topological polar surface area (TPSA) is 76.0 Å². The van der Waals surface area contributed by atoms with Crippen molar-refractivity contribution in [1.29, 1.82) is 0 Å². The van der Waals surface area contributed by atoms with Gasteiger partial charge in [-0.1, -0.05) is 30.3 Å². The average Bonchev–Trinajstić information content (AvgIpc) is 3.52. The lowest BCUT2D eigenvalue weighted by molar-refractivity contribution is 0.0783. The summed E-state index contributed by atoms with van der Waals surface area (Å²) in [5, 5.41) is 7.30. The van der Waals surface area contributed by atoms with Crippen molar-refractivity contribution >= 4 is 5.91 Å². The summed E-state index contributed by atoms with van der Waals surface area (Å²) < 4.78 is 21.2. The number of nitrogens with zero attached hydrogens (tertiary/aromatic N) is 4. The summed E-state index contributed by atoms with van der Waals surface area (Å²) in [5.74, 6) is 0.647. The van der Waals surface area contributed by atoms with E-state index in [1.165, 1.54) is 0 Å². The van der Waals surface area contributed by atoms with Crippen molar-refractivity contribution in [1.82, 2.24) is 24.6 Å². The Kier molecular flexibility index (Phi) is 6.69. The summed E-state index contributed by atoms with van der Waals surface area (Å²) in [6, 6.07) is 11.6. The molecular weight excluding hydrogens is 409 g/mol. The van der Waals surface area contributed by atoms with Gasteiger partial charge in [0.05, 0.1) is 12.2 Å². The first kappa shape index (κ1) is 22.2. The van der Waals surface area contributed by atoms with E-state index in [1.54, 1.807) is 12.0 Å². The molecular formula is C24H30FN5O2. The van der Waals surface area contributed by atoms with Crippen molar-refractivity contribution in [3.63, 3.8) is 0 Å². The van der Waals surface area contributed by atoms with Gasteiger partial charge in [0.1, 0.15) is 5.82 Å². The van der Waals surface area contributed by atoms with Gasteiger partial charge < -0.3 is 14.2 Å². The van der Waals surface area contributed by atoms with Crippen LogP contribution in [0.5, 0.6) is 0 Å². The fourth-order valence-electron chi connectivity index (χ4n) is 4.56. The van der Waals surface area contributed by atoms with Crippen LogP contribution < -0.4 is 0 Å². The lowest BCUT2D eigenvalue weighted by Crippen LogP contribution is -2.29. The Morgan fingerprint density at radius 1 is 1.25 bits per heavy atom. The van der Waals surface area contributed by atoms with E-state index in [1.807, 2.05) is 50.2 Å². The maximum atomic E-state index is 13.9. The second-order valence-corrected chi connectivity index (χ2v) is 8.42. The number of benzene rings is 1. The Hall–Kier alpha value is -3.00. The van der Waals surface area contributed by atoms with Crippen LogP contribution in [0, 0.1) is 19.8 Å². The Labute approximate surface area is 187 Å². The number of nitrogens with one attached hydrogen (secondary N) is 1. The molecule has 3 aromatic rings. The minimum atomic E-state index is -0.508. The van der Waals surface area contributed by atoms with Crippen LogP contribution >= 0.6 is 0 Å². The standard InChI is InChI=1S/C24H30FN5O2/c1-16-12-20(17(2)30(16)10-7-11-32-3)24(31)29-14-19(13-25)21(15-29)23-26-22(27-28-23)18-8-5-4-6-9-18/h4-6,8-9,12,19,21H,7,10-11,13-15H2,1-3H3,(H,26,27,28)/t19-,21-/m1/s1. The molecule has 8 heteroatoms. The van der Waals surface area contributed by atoms with Crippen LogP contribution in [0.4, 0.5) is 4.39 Å². The number of hydrogen-bond donors (Lipinski definition) is 1. The summed E-state index contributed by atoms with van der Waals surface area (Å²) in [6.45, 7) is 5.73. The van der Waals surface area contributed by atoms with E-state index in [9.17, 15) is 9.18 Å². The molecule has 1 N–H and O–H groups in total. The normalized spacial score (nSPS) is 18.4. The number of ether oxygens (including phenoxy) is 1. The molecule has 170 valence electrons. The van der Waals surface area contributed by atoms with Gasteiger partial charge in [0, 0.05) is 62.1 Å². The Morgan fingerprint density at radius 2 is 2.03 bits per heavy atom. The highest BCUT2D eigenvalue weighted by Crippen LogP contribution is 2.33. The van der Waals surface area contributed by atoms with E-state index in [0.29, 0.717) is 36.9 Å². The van der Waals surface area contributed by atoms with E-state index in [4.69, 9.17) is 4.74 Å². The largest absolute Gasteiger partial charge is 0.385 e. The van der Waals surface area contributed by atoms with E-state index in [2.05, 4.69) is 19.7 Å². The zero-order valence-electron chi connectivity index (χ0n) is 18.8. The number of methoxy groups -OCH3 is 1. The molecule has 1 saturated heterocycles. The number of alkyl halides is 1. The predicted octanol–water partition coefficient (Wildman–Crippen LogP) is 3.75. The number of aryl methyl sites for hydroxylation is 1. The lowest BCUT2D eigenvalue weighted by Gasteiger charge is -2.16. The van der Waals surface area contributed by atoms with Crippen molar-refractivity contribution in [3.8, 4) is 11.4 Å². The first-order valence-corrected chi connectivity index (χ1v) is 11.0. The molecule has 2 aromatic heterocycles. The highest BCUT2D eigenvalue weighted by atomic mass is 19.1. The maximum absolute atomic E-state index is 13.9. The molecule has 1 fully saturated rings. The summed E-state index contributed by atoms with van der Waals surface area (Å²) in [4.78, 5) is 19.7. The number of aromatic nitrogens is 4. The molecule has 2 atom stereocenters. The molecule has 0 spiro atoms. The first-order chi connectivity index (χ1) is 15.5. The van der Waals surface area contributed by atoms with Crippen LogP contribution in [-0.4, -0.2) is 64.0 Å². The van der Waals surface area contributed by atoms with Gasteiger partial charge in [-0.25, -0.2) is 4.98 Å². The molecule has 1 aliphatic heterocycles. The third-order valence-electron chi connectivity index (χ3n) is 6.35. The minimum absolute atomic E-state index is 0.0557. The van der Waals surface area contributed by atoms with Gasteiger partial charge in [0.2, 0.25) is 0 Å². The zero-order valence-corrected chi connectivity index (χ0v) is 18.8. The molecule has 0 unspecified atom stereocenters. The molecule has 1 aliphatic rings. The first-order valence-electron chi connectivity index (χ1n) is 11.0. The van der Waals surface area contributed by atoms with Crippen LogP contribution in [0.25, 0.3) is 11.4 Å². The number of H-pyrrole nitrogens is 1. The second kappa shape index (κ2) is 9.65. The molecule has 3 heterocycles. The molecule has 7 nitrogen and oxygen atoms in total. The third-order valence-corrected chi connectivity index (χ3v) is 6.35. The fraction of sp³-hybridized carbons (Fsp3) is 0.458. The predicted molar refractivity (Wildman–Crippen MR) is 120 cm³/mol. The molecule has 1 amide bonds. The second-order valence-electron chi connectivity index (χ2n) is 8.42. The molecule has 0 aliphatic carbocycles. The van der Waals surface area contributed by atoms with Crippen LogP contribution in [0.15, 0.2) is 36.4 Å². The molecule has 0 bridgehead atoms. The summed E-state index contributed by atoms with van der Waals surface area (Å²) in [5.41, 5.74) is 3.57. The number of aromatic amines is 1. The Balaban J connectivity index is 1.51. The molecule has 4 rings (SSSR count). The van der Waals surface area contributed by atoms with Crippen molar-refractivity contribution < 1.29 is 13.9 Å². The van der Waals surface area contributed by atoms with Crippen LogP contribution in [0.1, 0.15) is 39.9 Å². The number of rotatable bonds is 8. The highest BCUT2D eigenvalue weighted by Gasteiger charge is 2.39. The minimum Gasteiger partial charge on any atom is -0.385 e. The Morgan fingerprint density at radius 3 is 2.75 bits per heavy atom. The number of amides is 1. The van der Waals surface area contributed by atoms with Gasteiger partial charge in [0.15, 0.2) is 5.82 Å². The van der Waals surface area contributed by atoms with Crippen molar-refractivity contribution in [3.05, 3.63) is 59.2 Å². The van der Waals surface area contributed by atoms with Crippen molar-refractivity contribution in [2.75, 3.05) is 33.5 Å². The van der Waals surface area contributed by atoms with E-state index in [-0.39, 0.29) is 17.7 Å². The van der Waals surface area contributed by atoms with E-state index < -0.39 is 6.67 Å². The van der Waals surface area contributed by atoms with Crippen molar-refractivity contribution in [2.24, 2.45) is 5.92 Å². The van der Waals surface area contributed by atoms with Gasteiger partial charge in [-0.3, -0.25) is 14.3 Å². The van der Waals surface area contributed by atoms with Gasteiger partial charge in [-0.15, -0.1) is 0 Å². The van der Waals surface area contributed by atoms with E-state index >= 15 is 0 Å². The number of halogens is 1. The molecule has 0 radical (unpaired) electrons. The smallest absolute Gasteiger partial charge is 0.255 e.